The van der Waals surface area contributed by atoms with Crippen LogP contribution in [0.2, 0.25) is 5.79 Å². The van der Waals surface area contributed by atoms with Crippen LogP contribution in [-0.4, -0.2) is 29.3 Å². The molecule has 0 heterocycles. The highest BCUT2D eigenvalue weighted by molar-refractivity contribution is 7.54. The van der Waals surface area contributed by atoms with Crippen molar-refractivity contribution in [3.05, 3.63) is 0 Å². The molecule has 0 amide bonds. The largest absolute Gasteiger partial charge is 0.444 e. The van der Waals surface area contributed by atoms with Crippen molar-refractivity contribution < 1.29 is 12.7 Å². The Hall–Kier alpha value is 0.682. The fourth-order valence-electron chi connectivity index (χ4n) is 0.235. The molecule has 1 unspecified atom stereocenters. The molecule has 0 saturated carbocycles. The van der Waals surface area contributed by atoms with Gasteiger partial charge in [0.05, 0.1) is 0 Å². The fraction of sp³-hybridized carbons (Fsp3) is 1.00. The van der Waals surface area contributed by atoms with Crippen LogP contribution in [-0.2, 0) is 12.7 Å². The lowest BCUT2D eigenvalue weighted by atomic mass is 11.8. The number of hydrogen-bond donors (Lipinski definition) is 0. The minimum absolute atomic E-state index is 0.181. The van der Waals surface area contributed by atoms with Crippen LogP contribution in [0.3, 0.4) is 0 Å². The molecular formula is C3H9AlO3P. The molecule has 47 valence electrons. The summed E-state index contributed by atoms with van der Waals surface area (Å²) in [5.41, 5.74) is 0. The first-order valence-corrected chi connectivity index (χ1v) is 5.83. The van der Waals surface area contributed by atoms with Crippen molar-refractivity contribution in [2.45, 2.75) is 5.79 Å². The summed E-state index contributed by atoms with van der Waals surface area (Å²) in [7, 11) is -1.25. The molecule has 0 saturated heterocycles. The van der Waals surface area contributed by atoms with Crippen LogP contribution < -0.4 is 0 Å². The van der Waals surface area contributed by atoms with Crippen molar-refractivity contribution in [2.75, 3.05) is 13.8 Å². The highest BCUT2D eigenvalue weighted by Gasteiger charge is 2.10. The minimum atomic E-state index is -2.64. The molecule has 0 aromatic heterocycles. The van der Waals surface area contributed by atoms with Gasteiger partial charge in [0.2, 0.25) is 0 Å². The van der Waals surface area contributed by atoms with Crippen molar-refractivity contribution in [1.82, 2.24) is 0 Å². The highest BCUT2D eigenvalue weighted by Crippen LogP contribution is 2.41. The first-order chi connectivity index (χ1) is 3.62. The van der Waals surface area contributed by atoms with E-state index in [0.29, 0.717) is 0 Å². The van der Waals surface area contributed by atoms with Crippen LogP contribution in [0, 0.1) is 0 Å². The van der Waals surface area contributed by atoms with Crippen molar-refractivity contribution in [1.29, 1.82) is 0 Å². The number of rotatable bonds is 3. The van der Waals surface area contributed by atoms with Gasteiger partial charge in [-0.3, -0.25) is 4.57 Å². The van der Waals surface area contributed by atoms with Crippen LogP contribution in [0.15, 0.2) is 0 Å². The summed E-state index contributed by atoms with van der Waals surface area (Å²) < 4.78 is 20.1. The lowest BCUT2D eigenvalue weighted by Gasteiger charge is -2.08. The second kappa shape index (κ2) is 3.66. The molecule has 3 nitrogen and oxygen atoms in total. The molecule has 1 radical (unpaired) electrons. The van der Waals surface area contributed by atoms with Crippen LogP contribution in [0.5, 0.6) is 0 Å². The van der Waals surface area contributed by atoms with E-state index in [-0.39, 0.29) is 15.6 Å². The summed E-state index contributed by atoms with van der Waals surface area (Å²) in [5, 5.41) is 0. The quantitative estimate of drug-likeness (QED) is 0.448. The van der Waals surface area contributed by atoms with Gasteiger partial charge in [-0.2, -0.15) is 0 Å². The summed E-state index contributed by atoms with van der Waals surface area (Å²) >= 11 is -0.181. The number of hydrogen-bond acceptors (Lipinski definition) is 3. The average molecular weight is 151 g/mol. The van der Waals surface area contributed by atoms with Crippen molar-refractivity contribution in [2.24, 2.45) is 0 Å². The smallest absolute Gasteiger partial charge is 0.432 e. The summed E-state index contributed by atoms with van der Waals surface area (Å²) in [4.78, 5) is 0. The fourth-order valence-corrected chi connectivity index (χ4v) is 2.11. The van der Waals surface area contributed by atoms with Gasteiger partial charge in [0.1, 0.15) is 0 Å². The lowest BCUT2D eigenvalue weighted by molar-refractivity contribution is 0.334. The monoisotopic (exact) mass is 151 g/mol. The molecule has 0 bridgehead atoms. The van der Waals surface area contributed by atoms with E-state index in [4.69, 9.17) is 3.58 Å². The third kappa shape index (κ3) is 3.66. The molecule has 0 fully saturated rings. The maximum absolute atomic E-state index is 10.8. The zero-order valence-electron chi connectivity index (χ0n) is 5.25. The highest BCUT2D eigenvalue weighted by atomic mass is 31.2. The Morgan fingerprint density at radius 1 is 1.62 bits per heavy atom. The molecule has 0 aromatic carbocycles. The lowest BCUT2D eigenvalue weighted by Crippen LogP contribution is -1.91. The first-order valence-electron chi connectivity index (χ1n) is 2.22. The second-order valence-electron chi connectivity index (χ2n) is 1.30. The van der Waals surface area contributed by atoms with Crippen LogP contribution in [0.25, 0.3) is 0 Å². The van der Waals surface area contributed by atoms with Crippen LogP contribution in [0.1, 0.15) is 0 Å². The molecule has 0 rings (SSSR count). The molecule has 0 spiro atoms. The van der Waals surface area contributed by atoms with E-state index < -0.39 is 7.60 Å². The predicted molar refractivity (Wildman–Crippen MR) is 33.2 cm³/mol. The zero-order valence-corrected chi connectivity index (χ0v) is 7.30. The van der Waals surface area contributed by atoms with E-state index in [9.17, 15) is 4.57 Å². The van der Waals surface area contributed by atoms with Crippen molar-refractivity contribution in [3.63, 3.8) is 0 Å². The van der Waals surface area contributed by atoms with E-state index in [1.165, 1.54) is 13.8 Å². The predicted octanol–water partition coefficient (Wildman–Crippen LogP) is 1.14. The van der Waals surface area contributed by atoms with E-state index in [0.717, 1.165) is 0 Å². The Balaban J connectivity index is 3.55. The molecule has 0 aliphatic carbocycles. The van der Waals surface area contributed by atoms with Gasteiger partial charge >= 0.3 is 15.6 Å². The summed E-state index contributed by atoms with van der Waals surface area (Å²) in [6.45, 7) is 1.46. The molecule has 0 N–H and O–H groups in total. The Morgan fingerprint density at radius 2 is 2.12 bits per heavy atom. The first kappa shape index (κ1) is 8.68. The molecule has 0 aliphatic heterocycles. The third-order valence-electron chi connectivity index (χ3n) is 0.629. The van der Waals surface area contributed by atoms with E-state index in [2.05, 4.69) is 4.52 Å². The van der Waals surface area contributed by atoms with Gasteiger partial charge in [0.25, 0.3) is 7.60 Å². The summed E-state index contributed by atoms with van der Waals surface area (Å²) in [5.74, 6) is 1.86. The van der Waals surface area contributed by atoms with E-state index in [1.807, 2.05) is 5.79 Å². The maximum atomic E-state index is 10.8. The normalized spacial score (nSPS) is 17.4. The van der Waals surface area contributed by atoms with Gasteiger partial charge in [0.15, 0.2) is 0 Å². The molecule has 1 atom stereocenters. The Morgan fingerprint density at radius 3 is 2.25 bits per heavy atom. The molecule has 0 aliphatic rings. The molecular weight excluding hydrogens is 142 g/mol. The van der Waals surface area contributed by atoms with Gasteiger partial charge in [0, 0.05) is 13.8 Å². The summed E-state index contributed by atoms with van der Waals surface area (Å²) in [6.07, 6.45) is 0. The maximum Gasteiger partial charge on any atom is 0.432 e. The van der Waals surface area contributed by atoms with Gasteiger partial charge in [-0.05, 0) is 0 Å². The molecule has 0 aromatic rings. The summed E-state index contributed by atoms with van der Waals surface area (Å²) in [6, 6.07) is 0. The van der Waals surface area contributed by atoms with Crippen molar-refractivity contribution >= 4 is 23.1 Å². The molecule has 8 heavy (non-hydrogen) atoms. The van der Waals surface area contributed by atoms with Gasteiger partial charge in [-0.25, -0.2) is 0 Å². The third-order valence-corrected chi connectivity index (χ3v) is 3.67. The average Bonchev–Trinajstić information content (AvgIpc) is 1.67. The zero-order chi connectivity index (χ0) is 6.62. The molecule has 5 heteroatoms. The Labute approximate surface area is 56.0 Å². The van der Waals surface area contributed by atoms with E-state index >= 15 is 0 Å². The van der Waals surface area contributed by atoms with E-state index in [1.54, 1.807) is 0 Å². The minimum Gasteiger partial charge on any atom is -0.444 e. The second-order valence-corrected chi connectivity index (χ2v) is 4.52. The topological polar surface area (TPSA) is 35.5 Å². The van der Waals surface area contributed by atoms with Crippen LogP contribution >= 0.6 is 7.60 Å². The SMILES string of the molecule is COP(C)(=O)[O][Al][CH3]. The van der Waals surface area contributed by atoms with Crippen LogP contribution in [0.4, 0.5) is 0 Å². The van der Waals surface area contributed by atoms with Crippen molar-refractivity contribution in [3.8, 4) is 0 Å². The van der Waals surface area contributed by atoms with Gasteiger partial charge < -0.3 is 8.10 Å². The van der Waals surface area contributed by atoms with Gasteiger partial charge in [-0.1, -0.05) is 5.79 Å². The standard InChI is InChI=1S/C2H7O3P.CH3.Al/c1-5-6(2,3)4;;/h1-2H3,(H,3,4);1H3;/q;;+1/p-1. The van der Waals surface area contributed by atoms with Gasteiger partial charge in [-0.15, -0.1) is 0 Å². The Kier molecular flexibility index (Phi) is 3.97. The Bertz CT molecular complexity index is 105.